The summed E-state index contributed by atoms with van der Waals surface area (Å²) in [5.41, 5.74) is -0.894. The third-order valence-electron chi connectivity index (χ3n) is 4.60. The highest BCUT2D eigenvalue weighted by atomic mass is 35.5. The quantitative estimate of drug-likeness (QED) is 0.0925. The second-order valence-corrected chi connectivity index (χ2v) is 10.6. The second-order valence-electron chi connectivity index (χ2n) is 8.35. The van der Waals surface area contributed by atoms with Crippen molar-refractivity contribution in [3.8, 4) is 0 Å². The van der Waals surface area contributed by atoms with Crippen molar-refractivity contribution in [3.63, 3.8) is 0 Å². The summed E-state index contributed by atoms with van der Waals surface area (Å²) in [5, 5.41) is 19.0. The van der Waals surface area contributed by atoms with E-state index < -0.39 is 47.4 Å². The molecule has 0 aliphatic carbocycles. The molecule has 1 aromatic heterocycles. The average Bonchev–Trinajstić information content (AvgIpc) is 3.26. The predicted molar refractivity (Wildman–Crippen MR) is 131 cm³/mol. The number of aliphatic carboxylic acids is 1. The van der Waals surface area contributed by atoms with E-state index in [1.54, 1.807) is 20.8 Å². The highest BCUT2D eigenvalue weighted by Crippen LogP contribution is 2.40. The lowest BCUT2D eigenvalue weighted by molar-refractivity contribution is -0.160. The van der Waals surface area contributed by atoms with E-state index >= 15 is 0 Å². The molecule has 2 atom stereocenters. The first-order valence-corrected chi connectivity index (χ1v) is 12.8. The molecule has 3 N–H and O–H groups in total. The number of rotatable bonds is 10. The van der Waals surface area contributed by atoms with Crippen LogP contribution in [0.3, 0.4) is 0 Å². The number of nitrogens with one attached hydrogen (secondary N) is 2. The maximum absolute atomic E-state index is 13.1. The molecule has 36 heavy (non-hydrogen) atoms. The number of thioether (sulfide) groups is 1. The van der Waals surface area contributed by atoms with Crippen molar-refractivity contribution in [2.24, 2.45) is 5.16 Å². The van der Waals surface area contributed by atoms with Crippen LogP contribution in [0.15, 0.2) is 21.8 Å². The molecule has 3 heterocycles. The number of ether oxygens (including phenoxy) is 1. The molecule has 0 radical (unpaired) electrons. The number of fused-ring (bicyclic) bond motifs is 1. The molecule has 1 aromatic rings. The Balaban J connectivity index is 1.78. The van der Waals surface area contributed by atoms with Gasteiger partial charge in [-0.2, -0.15) is 0 Å². The van der Waals surface area contributed by atoms with Gasteiger partial charge >= 0.3 is 11.9 Å². The maximum atomic E-state index is 13.1. The van der Waals surface area contributed by atoms with Crippen LogP contribution in [0, 0.1) is 0 Å². The van der Waals surface area contributed by atoms with Crippen molar-refractivity contribution < 1.29 is 38.7 Å². The number of hydrogen-bond acceptors (Lipinski definition) is 11. The highest BCUT2D eigenvalue weighted by Gasteiger charge is 2.54. The summed E-state index contributed by atoms with van der Waals surface area (Å²) in [6.45, 7) is 4.42. The Kier molecular flexibility index (Phi) is 8.58. The van der Waals surface area contributed by atoms with E-state index in [4.69, 9.17) is 21.2 Å². The van der Waals surface area contributed by atoms with Crippen LogP contribution in [0.1, 0.15) is 26.5 Å². The van der Waals surface area contributed by atoms with E-state index in [1.165, 1.54) is 17.1 Å². The maximum Gasteiger partial charge on any atom is 0.352 e. The molecule has 1 unspecified atom stereocenters. The zero-order valence-electron chi connectivity index (χ0n) is 19.3. The standard InChI is InChI=1S/C20H22ClN5O8S2/c1-20(2,3)34-11(28)5-33-25-12(10-7-36-19(23-10)22-8-27)15(29)24-13-16(30)26-14(18(31)32)9(4-21)6-35-17(13)26/h7-8,13,17H,4-6H2,1-3H3,(H,24,29)(H,31,32)(H,22,23,27)/t13?,17-/m0/s1. The van der Waals surface area contributed by atoms with Crippen molar-refractivity contribution in [3.05, 3.63) is 22.3 Å². The van der Waals surface area contributed by atoms with Gasteiger partial charge in [0, 0.05) is 17.0 Å². The minimum absolute atomic E-state index is 0.0153. The molecule has 2 aliphatic heterocycles. The molecule has 1 saturated heterocycles. The summed E-state index contributed by atoms with van der Waals surface area (Å²) < 4.78 is 5.12. The van der Waals surface area contributed by atoms with Crippen molar-refractivity contribution >= 4 is 75.7 Å². The van der Waals surface area contributed by atoms with Gasteiger partial charge in [-0.15, -0.1) is 34.7 Å². The number of oxime groups is 1. The van der Waals surface area contributed by atoms with Crippen LogP contribution in [-0.2, 0) is 33.5 Å². The summed E-state index contributed by atoms with van der Waals surface area (Å²) >= 11 is 8.09. The lowest BCUT2D eigenvalue weighted by Crippen LogP contribution is -2.71. The number of esters is 1. The molecule has 13 nitrogen and oxygen atoms in total. The van der Waals surface area contributed by atoms with E-state index in [9.17, 15) is 29.1 Å². The molecular formula is C20H22ClN5O8S2. The number of carbonyl (C=O) groups excluding carboxylic acids is 4. The average molecular weight is 560 g/mol. The monoisotopic (exact) mass is 559 g/mol. The number of carbonyl (C=O) groups is 5. The molecule has 0 bridgehead atoms. The number of nitrogens with zero attached hydrogens (tertiary/aromatic N) is 3. The summed E-state index contributed by atoms with van der Waals surface area (Å²) in [5.74, 6) is -3.27. The first-order valence-electron chi connectivity index (χ1n) is 10.3. The van der Waals surface area contributed by atoms with Crippen molar-refractivity contribution in [1.29, 1.82) is 0 Å². The Morgan fingerprint density at radius 2 is 2.11 bits per heavy atom. The van der Waals surface area contributed by atoms with Crippen LogP contribution in [0.5, 0.6) is 0 Å². The van der Waals surface area contributed by atoms with Gasteiger partial charge in [-0.1, -0.05) is 5.16 Å². The van der Waals surface area contributed by atoms with Crippen molar-refractivity contribution in [1.82, 2.24) is 15.2 Å². The molecule has 3 amide bonds. The molecule has 0 spiro atoms. The summed E-state index contributed by atoms with van der Waals surface area (Å²) in [6.07, 6.45) is 0.406. The van der Waals surface area contributed by atoms with Gasteiger partial charge in [-0.25, -0.2) is 14.6 Å². The van der Waals surface area contributed by atoms with E-state index in [1.807, 2.05) is 0 Å². The normalized spacial score (nSPS) is 19.7. The number of halogens is 1. The minimum Gasteiger partial charge on any atom is -0.477 e. The van der Waals surface area contributed by atoms with E-state index in [-0.39, 0.29) is 33.9 Å². The van der Waals surface area contributed by atoms with Crippen molar-refractivity contribution in [2.45, 2.75) is 37.8 Å². The smallest absolute Gasteiger partial charge is 0.352 e. The molecule has 0 aromatic carbocycles. The first kappa shape index (κ1) is 27.4. The van der Waals surface area contributed by atoms with Crippen LogP contribution in [-0.4, -0.2) is 86.1 Å². The van der Waals surface area contributed by atoms with E-state index in [0.29, 0.717) is 12.0 Å². The Morgan fingerprint density at radius 1 is 1.39 bits per heavy atom. The Hall–Kier alpha value is -3.17. The molecule has 3 rings (SSSR count). The summed E-state index contributed by atoms with van der Waals surface area (Å²) in [7, 11) is 0. The molecule has 0 saturated carbocycles. The zero-order chi connectivity index (χ0) is 26.6. The number of thiazole rings is 1. The minimum atomic E-state index is -1.29. The number of amides is 3. The van der Waals surface area contributed by atoms with E-state index in [2.05, 4.69) is 20.8 Å². The van der Waals surface area contributed by atoms with Gasteiger partial charge in [0.15, 0.2) is 10.8 Å². The molecule has 1 fully saturated rings. The van der Waals surface area contributed by atoms with Crippen molar-refractivity contribution in [2.75, 3.05) is 23.6 Å². The summed E-state index contributed by atoms with van der Waals surface area (Å²) in [6, 6.07) is -1.05. The number of β-lactam (4-membered cyclic amide) rings is 1. The van der Waals surface area contributed by atoms with Gasteiger partial charge in [0.05, 0.1) is 0 Å². The Morgan fingerprint density at radius 3 is 2.72 bits per heavy atom. The Bertz CT molecular complexity index is 1150. The topological polar surface area (TPSA) is 177 Å². The van der Waals surface area contributed by atoms with Gasteiger partial charge in [-0.05, 0) is 26.3 Å². The van der Waals surface area contributed by atoms with Crippen LogP contribution in [0.4, 0.5) is 5.13 Å². The lowest BCUT2D eigenvalue weighted by atomic mass is 10.0. The van der Waals surface area contributed by atoms with Crippen LogP contribution >= 0.6 is 34.7 Å². The zero-order valence-corrected chi connectivity index (χ0v) is 21.7. The number of anilines is 1. The van der Waals surface area contributed by atoms with Gasteiger partial charge in [0.1, 0.15) is 28.4 Å². The fourth-order valence-electron chi connectivity index (χ4n) is 3.22. The predicted octanol–water partition coefficient (Wildman–Crippen LogP) is 0.751. The number of carboxylic acids is 1. The number of hydrogen-bond donors (Lipinski definition) is 3. The third-order valence-corrected chi connectivity index (χ3v) is 7.04. The van der Waals surface area contributed by atoms with Crippen LogP contribution < -0.4 is 10.6 Å². The van der Waals surface area contributed by atoms with Gasteiger partial charge < -0.3 is 25.3 Å². The second kappa shape index (κ2) is 11.3. The fraction of sp³-hybridized carbons (Fsp3) is 0.450. The number of alkyl halides is 1. The van der Waals surface area contributed by atoms with E-state index in [0.717, 1.165) is 16.2 Å². The molecule has 16 heteroatoms. The lowest BCUT2D eigenvalue weighted by Gasteiger charge is -2.49. The summed E-state index contributed by atoms with van der Waals surface area (Å²) in [4.78, 5) is 70.3. The van der Waals surface area contributed by atoms with Gasteiger partial charge in [-0.3, -0.25) is 19.3 Å². The molecule has 2 aliphatic rings. The highest BCUT2D eigenvalue weighted by molar-refractivity contribution is 8.00. The third kappa shape index (κ3) is 6.14. The van der Waals surface area contributed by atoms with Crippen LogP contribution in [0.25, 0.3) is 0 Å². The Labute approximate surface area is 218 Å². The number of aromatic nitrogens is 1. The van der Waals surface area contributed by atoms with Gasteiger partial charge in [0.2, 0.25) is 13.0 Å². The molecular weight excluding hydrogens is 538 g/mol. The fourth-order valence-corrected chi connectivity index (χ4v) is 5.55. The SMILES string of the molecule is CC(C)(C)OC(=O)CON=C(C(=O)NC1C(=O)N2C(C(=O)O)=C(CCl)CS[C@@H]12)c1csc(NC=O)n1. The number of carboxylic acid groups (broad SMARTS) is 1. The van der Waals surface area contributed by atoms with Crippen LogP contribution in [0.2, 0.25) is 0 Å². The first-order chi connectivity index (χ1) is 17.0. The largest absolute Gasteiger partial charge is 0.477 e. The van der Waals surface area contributed by atoms with Gasteiger partial charge in [0.25, 0.3) is 11.8 Å². The molecule has 194 valence electrons.